The molecule has 1 N–H and O–H groups in total. The Kier molecular flexibility index (Phi) is 15.2. The second-order valence-corrected chi connectivity index (χ2v) is 6.88. The number of carboxylic acids is 1. The van der Waals surface area contributed by atoms with Gasteiger partial charge in [0.05, 0.1) is 0 Å². The van der Waals surface area contributed by atoms with E-state index in [0.717, 1.165) is 25.0 Å². The number of carbonyl (C=O) groups is 1. The van der Waals surface area contributed by atoms with Gasteiger partial charge in [-0.15, -0.1) is 11.8 Å². The summed E-state index contributed by atoms with van der Waals surface area (Å²) in [4.78, 5) is 12.7. The molecule has 0 aromatic rings. The fraction of sp³-hybridized carbons (Fsp3) is 0.632. The Morgan fingerprint density at radius 3 is 2.09 bits per heavy atom. The summed E-state index contributed by atoms with van der Waals surface area (Å²) in [5, 5.41) is 8.60. The predicted molar refractivity (Wildman–Crippen MR) is 103 cm³/mol. The number of unbranched alkanes of at least 4 members (excludes halogenated alkanes) is 3. The third kappa shape index (κ3) is 14.3. The zero-order valence-electron chi connectivity index (χ0n) is 14.9. The first-order valence-electron chi connectivity index (χ1n) is 8.55. The van der Waals surface area contributed by atoms with Crippen LogP contribution in [-0.4, -0.2) is 41.2 Å². The zero-order chi connectivity index (χ0) is 17.3. The Balaban J connectivity index is 3.60. The third-order valence-corrected chi connectivity index (χ3v) is 4.67. The number of likely N-dealkylation sites (N-methyl/N-ethyl adjacent to an activating group) is 1. The average Bonchev–Trinajstić information content (AvgIpc) is 2.50. The van der Waals surface area contributed by atoms with Crippen LogP contribution in [0.2, 0.25) is 0 Å². The summed E-state index contributed by atoms with van der Waals surface area (Å²) >= 11 is 1.47. The highest BCUT2D eigenvalue weighted by atomic mass is 32.2. The minimum Gasteiger partial charge on any atom is -0.479 e. The van der Waals surface area contributed by atoms with E-state index in [9.17, 15) is 4.79 Å². The van der Waals surface area contributed by atoms with E-state index in [1.54, 1.807) is 19.0 Å². The van der Waals surface area contributed by atoms with E-state index in [0.29, 0.717) is 0 Å². The lowest BCUT2D eigenvalue weighted by Gasteiger charge is -2.18. The molecule has 1 atom stereocenters. The summed E-state index contributed by atoms with van der Waals surface area (Å²) in [6.45, 7) is 2.23. The molecule has 0 aliphatic carbocycles. The topological polar surface area (TPSA) is 40.5 Å². The standard InChI is InChI=1S/C19H33NO2S/c1-4-5-6-7-8-9-10-11-12-13-14-15-16-17-23-18(19(21)22)20(2)3/h8-9,11-12,14-15,18H,4-7,10,13,16-17H2,1-3H3,(H,21,22)/b9-8-,12-11-,15-14-. The number of aliphatic carboxylic acids is 1. The number of rotatable bonds is 14. The molecule has 0 saturated heterocycles. The van der Waals surface area contributed by atoms with Crippen LogP contribution in [0.4, 0.5) is 0 Å². The van der Waals surface area contributed by atoms with Gasteiger partial charge in [-0.1, -0.05) is 56.2 Å². The summed E-state index contributed by atoms with van der Waals surface area (Å²) in [6.07, 6.45) is 21.1. The highest BCUT2D eigenvalue weighted by molar-refractivity contribution is 8.00. The maximum Gasteiger partial charge on any atom is 0.331 e. The number of thioether (sulfide) groups is 1. The lowest BCUT2D eigenvalue weighted by atomic mass is 10.2. The van der Waals surface area contributed by atoms with Crippen LogP contribution in [-0.2, 0) is 4.79 Å². The summed E-state index contributed by atoms with van der Waals surface area (Å²) < 4.78 is 0. The molecule has 23 heavy (non-hydrogen) atoms. The van der Waals surface area contributed by atoms with Crippen molar-refractivity contribution in [2.75, 3.05) is 19.8 Å². The highest BCUT2D eigenvalue weighted by Gasteiger charge is 2.19. The fourth-order valence-corrected chi connectivity index (χ4v) is 2.92. The van der Waals surface area contributed by atoms with Gasteiger partial charge in [0, 0.05) is 0 Å². The van der Waals surface area contributed by atoms with Crippen molar-refractivity contribution in [1.82, 2.24) is 4.90 Å². The molecule has 0 bridgehead atoms. The van der Waals surface area contributed by atoms with Gasteiger partial charge in [-0.2, -0.15) is 0 Å². The molecular formula is C19H33NO2S. The molecule has 1 unspecified atom stereocenters. The monoisotopic (exact) mass is 339 g/mol. The van der Waals surface area contributed by atoms with Crippen molar-refractivity contribution in [3.63, 3.8) is 0 Å². The van der Waals surface area contributed by atoms with Crippen molar-refractivity contribution >= 4 is 17.7 Å². The smallest absolute Gasteiger partial charge is 0.331 e. The van der Waals surface area contributed by atoms with Gasteiger partial charge in [-0.05, 0) is 52.0 Å². The third-order valence-electron chi connectivity index (χ3n) is 3.26. The van der Waals surface area contributed by atoms with Gasteiger partial charge in [0.2, 0.25) is 0 Å². The molecule has 0 heterocycles. The quantitative estimate of drug-likeness (QED) is 0.271. The fourth-order valence-electron chi connectivity index (χ4n) is 1.98. The molecule has 0 fully saturated rings. The molecule has 0 aromatic heterocycles. The van der Waals surface area contributed by atoms with Gasteiger partial charge in [-0.25, -0.2) is 4.79 Å². The highest BCUT2D eigenvalue weighted by Crippen LogP contribution is 2.14. The van der Waals surface area contributed by atoms with Crippen LogP contribution < -0.4 is 0 Å². The molecule has 0 spiro atoms. The van der Waals surface area contributed by atoms with Crippen LogP contribution in [0.1, 0.15) is 51.9 Å². The Hall–Kier alpha value is -1.00. The Morgan fingerprint density at radius 1 is 1.00 bits per heavy atom. The van der Waals surface area contributed by atoms with Crippen LogP contribution in [0.5, 0.6) is 0 Å². The van der Waals surface area contributed by atoms with E-state index in [4.69, 9.17) is 5.11 Å². The number of nitrogens with zero attached hydrogens (tertiary/aromatic N) is 1. The largest absolute Gasteiger partial charge is 0.479 e. The van der Waals surface area contributed by atoms with E-state index in [1.807, 2.05) is 0 Å². The van der Waals surface area contributed by atoms with Crippen molar-refractivity contribution in [1.29, 1.82) is 0 Å². The predicted octanol–water partition coefficient (Wildman–Crippen LogP) is 5.11. The normalized spacial score (nSPS) is 13.7. The summed E-state index contributed by atoms with van der Waals surface area (Å²) in [7, 11) is 3.59. The van der Waals surface area contributed by atoms with Gasteiger partial charge in [0.1, 0.15) is 0 Å². The van der Waals surface area contributed by atoms with Gasteiger partial charge in [-0.3, -0.25) is 4.90 Å². The molecule has 0 rings (SSSR count). The van der Waals surface area contributed by atoms with Crippen molar-refractivity contribution < 1.29 is 9.90 Å². The maximum absolute atomic E-state index is 11.0. The maximum atomic E-state index is 11.0. The molecule has 3 nitrogen and oxygen atoms in total. The minimum absolute atomic E-state index is 0.451. The SMILES string of the molecule is CCCCC/C=C\C/C=C\C/C=C\CCSC(C(=O)O)N(C)C. The Morgan fingerprint density at radius 2 is 1.57 bits per heavy atom. The van der Waals surface area contributed by atoms with Crippen LogP contribution in [0, 0.1) is 0 Å². The second-order valence-electron chi connectivity index (χ2n) is 5.70. The van der Waals surface area contributed by atoms with E-state index in [1.165, 1.54) is 37.4 Å². The van der Waals surface area contributed by atoms with Crippen molar-refractivity contribution in [3.8, 4) is 0 Å². The molecule has 132 valence electrons. The van der Waals surface area contributed by atoms with E-state index >= 15 is 0 Å². The van der Waals surface area contributed by atoms with Crippen LogP contribution in [0.3, 0.4) is 0 Å². The number of hydrogen-bond acceptors (Lipinski definition) is 3. The van der Waals surface area contributed by atoms with E-state index in [-0.39, 0.29) is 0 Å². The summed E-state index contributed by atoms with van der Waals surface area (Å²) in [6, 6.07) is 0. The van der Waals surface area contributed by atoms with Crippen LogP contribution >= 0.6 is 11.8 Å². The average molecular weight is 340 g/mol. The summed E-state index contributed by atoms with van der Waals surface area (Å²) in [5.41, 5.74) is 0. The van der Waals surface area contributed by atoms with Crippen molar-refractivity contribution in [2.45, 2.75) is 57.2 Å². The van der Waals surface area contributed by atoms with Crippen LogP contribution in [0.15, 0.2) is 36.5 Å². The van der Waals surface area contributed by atoms with Gasteiger partial charge in [0.15, 0.2) is 5.37 Å². The number of carboxylic acid groups (broad SMARTS) is 1. The molecule has 0 saturated carbocycles. The van der Waals surface area contributed by atoms with Gasteiger partial charge in [0.25, 0.3) is 0 Å². The molecule has 0 radical (unpaired) electrons. The lowest BCUT2D eigenvalue weighted by molar-refractivity contribution is -0.138. The van der Waals surface area contributed by atoms with Crippen molar-refractivity contribution in [2.24, 2.45) is 0 Å². The van der Waals surface area contributed by atoms with Gasteiger partial charge >= 0.3 is 5.97 Å². The molecular weight excluding hydrogens is 306 g/mol. The van der Waals surface area contributed by atoms with E-state index < -0.39 is 11.3 Å². The zero-order valence-corrected chi connectivity index (χ0v) is 15.7. The first-order valence-corrected chi connectivity index (χ1v) is 9.60. The van der Waals surface area contributed by atoms with E-state index in [2.05, 4.69) is 43.4 Å². The number of allylic oxidation sites excluding steroid dienone is 6. The summed E-state index contributed by atoms with van der Waals surface area (Å²) in [5.74, 6) is 0.0604. The van der Waals surface area contributed by atoms with Crippen molar-refractivity contribution in [3.05, 3.63) is 36.5 Å². The van der Waals surface area contributed by atoms with Gasteiger partial charge < -0.3 is 5.11 Å². The molecule has 0 amide bonds. The van der Waals surface area contributed by atoms with Crippen LogP contribution in [0.25, 0.3) is 0 Å². The first-order chi connectivity index (χ1) is 11.1. The molecule has 0 aliphatic heterocycles. The Labute approximate surface area is 146 Å². The lowest BCUT2D eigenvalue weighted by Crippen LogP contribution is -2.32. The molecule has 0 aromatic carbocycles. The molecule has 0 aliphatic rings. The molecule has 4 heteroatoms. The first kappa shape index (κ1) is 22.0. The Bertz CT molecular complexity index is 376. The minimum atomic E-state index is -0.769. The second kappa shape index (κ2) is 15.9. The number of hydrogen-bond donors (Lipinski definition) is 1.